The molecule has 0 amide bonds. The van der Waals surface area contributed by atoms with E-state index < -0.39 is 0 Å². The topological polar surface area (TPSA) is 26.0 Å². The molecule has 1 aromatic heterocycles. The van der Waals surface area contributed by atoms with E-state index in [-0.39, 0.29) is 6.04 Å². The van der Waals surface area contributed by atoms with Crippen LogP contribution in [-0.4, -0.2) is 0 Å². The third-order valence-corrected chi connectivity index (χ3v) is 4.14. The maximum Gasteiger partial charge on any atom is 0.0354 e. The van der Waals surface area contributed by atoms with Crippen LogP contribution in [0.25, 0.3) is 0 Å². The quantitative estimate of drug-likeness (QED) is 0.908. The third kappa shape index (κ3) is 2.73. The van der Waals surface area contributed by atoms with Gasteiger partial charge in [-0.25, -0.2) is 0 Å². The zero-order valence-corrected chi connectivity index (χ0v) is 11.5. The molecule has 1 aromatic carbocycles. The van der Waals surface area contributed by atoms with Gasteiger partial charge in [0.05, 0.1) is 0 Å². The molecular weight excluding hydrogens is 282 g/mol. The van der Waals surface area contributed by atoms with E-state index in [2.05, 4.69) is 58.6 Å². The first-order chi connectivity index (χ1) is 7.66. The van der Waals surface area contributed by atoms with E-state index in [1.807, 2.05) is 0 Å². The molecule has 0 aliphatic heterocycles. The standard InChI is InChI=1S/C13H14BrNS/c1-9-4-5-11(12(14)7-9)13(15)8-10-3-2-6-16-10/h2-7,13H,8,15H2,1H3. The number of hydrogen-bond acceptors (Lipinski definition) is 2. The Morgan fingerprint density at radius 1 is 1.38 bits per heavy atom. The van der Waals surface area contributed by atoms with Crippen molar-refractivity contribution >= 4 is 27.3 Å². The lowest BCUT2D eigenvalue weighted by Crippen LogP contribution is -2.13. The Labute approximate surface area is 108 Å². The van der Waals surface area contributed by atoms with Crippen LogP contribution >= 0.6 is 27.3 Å². The SMILES string of the molecule is Cc1ccc(C(N)Cc2cccs2)c(Br)c1. The van der Waals surface area contributed by atoms with Crippen LogP contribution in [0, 0.1) is 6.92 Å². The van der Waals surface area contributed by atoms with E-state index in [4.69, 9.17) is 5.73 Å². The van der Waals surface area contributed by atoms with E-state index in [0.717, 1.165) is 10.9 Å². The molecule has 0 spiro atoms. The molecule has 0 saturated heterocycles. The van der Waals surface area contributed by atoms with Gasteiger partial charge in [-0.2, -0.15) is 0 Å². The number of halogens is 1. The summed E-state index contributed by atoms with van der Waals surface area (Å²) in [7, 11) is 0. The van der Waals surface area contributed by atoms with Gasteiger partial charge in [-0.15, -0.1) is 11.3 Å². The summed E-state index contributed by atoms with van der Waals surface area (Å²) >= 11 is 5.33. The Bertz CT molecular complexity index is 465. The second kappa shape index (κ2) is 5.13. The summed E-state index contributed by atoms with van der Waals surface area (Å²) in [5, 5.41) is 2.09. The average Bonchev–Trinajstić information content (AvgIpc) is 2.70. The fraction of sp³-hybridized carbons (Fsp3) is 0.231. The van der Waals surface area contributed by atoms with Gasteiger partial charge in [-0.05, 0) is 35.6 Å². The lowest BCUT2D eigenvalue weighted by Gasteiger charge is -2.13. The summed E-state index contributed by atoms with van der Waals surface area (Å²) in [6.45, 7) is 2.08. The average molecular weight is 296 g/mol. The van der Waals surface area contributed by atoms with Crippen molar-refractivity contribution in [1.29, 1.82) is 0 Å². The number of hydrogen-bond donors (Lipinski definition) is 1. The molecule has 1 atom stereocenters. The maximum absolute atomic E-state index is 6.21. The first-order valence-electron chi connectivity index (χ1n) is 5.21. The smallest absolute Gasteiger partial charge is 0.0354 e. The minimum atomic E-state index is 0.0635. The fourth-order valence-electron chi connectivity index (χ4n) is 1.69. The molecule has 2 rings (SSSR count). The number of rotatable bonds is 3. The zero-order chi connectivity index (χ0) is 11.5. The Kier molecular flexibility index (Phi) is 3.79. The number of thiophene rings is 1. The molecular formula is C13H14BrNS. The van der Waals surface area contributed by atoms with Crippen molar-refractivity contribution in [1.82, 2.24) is 0 Å². The van der Waals surface area contributed by atoms with E-state index in [9.17, 15) is 0 Å². The second-order valence-electron chi connectivity index (χ2n) is 3.91. The summed E-state index contributed by atoms with van der Waals surface area (Å²) < 4.78 is 1.11. The summed E-state index contributed by atoms with van der Waals surface area (Å²) in [5.74, 6) is 0. The molecule has 3 heteroatoms. The molecule has 0 saturated carbocycles. The van der Waals surface area contributed by atoms with E-state index in [1.165, 1.54) is 16.0 Å². The normalized spacial score (nSPS) is 12.7. The summed E-state index contributed by atoms with van der Waals surface area (Å²) in [5.41, 5.74) is 8.64. The fourth-order valence-corrected chi connectivity index (χ4v) is 3.24. The first-order valence-corrected chi connectivity index (χ1v) is 6.88. The highest BCUT2D eigenvalue weighted by molar-refractivity contribution is 9.10. The first kappa shape index (κ1) is 11.8. The molecule has 0 radical (unpaired) electrons. The Hall–Kier alpha value is -0.640. The number of nitrogens with two attached hydrogens (primary N) is 1. The minimum Gasteiger partial charge on any atom is -0.324 e. The Morgan fingerprint density at radius 3 is 2.81 bits per heavy atom. The molecule has 1 heterocycles. The van der Waals surface area contributed by atoms with Crippen molar-refractivity contribution in [2.75, 3.05) is 0 Å². The van der Waals surface area contributed by atoms with Gasteiger partial charge < -0.3 is 5.73 Å². The molecule has 16 heavy (non-hydrogen) atoms. The lowest BCUT2D eigenvalue weighted by molar-refractivity contribution is 0.726. The maximum atomic E-state index is 6.21. The van der Waals surface area contributed by atoms with Crippen LogP contribution in [0.3, 0.4) is 0 Å². The van der Waals surface area contributed by atoms with E-state index >= 15 is 0 Å². The third-order valence-electron chi connectivity index (χ3n) is 2.56. The molecule has 1 unspecified atom stereocenters. The largest absolute Gasteiger partial charge is 0.324 e. The van der Waals surface area contributed by atoms with E-state index in [1.54, 1.807) is 11.3 Å². The van der Waals surface area contributed by atoms with Crippen LogP contribution < -0.4 is 5.73 Å². The van der Waals surface area contributed by atoms with Gasteiger partial charge in [0, 0.05) is 21.8 Å². The molecule has 84 valence electrons. The highest BCUT2D eigenvalue weighted by Gasteiger charge is 2.11. The van der Waals surface area contributed by atoms with Crippen LogP contribution in [0.4, 0.5) is 0 Å². The zero-order valence-electron chi connectivity index (χ0n) is 9.11. The van der Waals surface area contributed by atoms with Gasteiger partial charge in [0.15, 0.2) is 0 Å². The van der Waals surface area contributed by atoms with Crippen molar-refractivity contribution in [3.05, 3.63) is 56.2 Å². The van der Waals surface area contributed by atoms with Crippen molar-refractivity contribution in [2.45, 2.75) is 19.4 Å². The Morgan fingerprint density at radius 2 is 2.19 bits per heavy atom. The summed E-state index contributed by atoms with van der Waals surface area (Å²) in [6, 6.07) is 10.6. The van der Waals surface area contributed by atoms with Crippen LogP contribution in [0.15, 0.2) is 40.2 Å². The molecule has 0 fully saturated rings. The van der Waals surface area contributed by atoms with Gasteiger partial charge >= 0.3 is 0 Å². The van der Waals surface area contributed by atoms with Crippen LogP contribution in [0.1, 0.15) is 22.0 Å². The minimum absolute atomic E-state index is 0.0635. The van der Waals surface area contributed by atoms with Gasteiger partial charge in [0.1, 0.15) is 0 Å². The monoisotopic (exact) mass is 295 g/mol. The predicted molar refractivity (Wildman–Crippen MR) is 73.8 cm³/mol. The van der Waals surface area contributed by atoms with E-state index in [0.29, 0.717) is 0 Å². The Balaban J connectivity index is 2.17. The van der Waals surface area contributed by atoms with Crippen LogP contribution in [0.2, 0.25) is 0 Å². The van der Waals surface area contributed by atoms with Crippen LogP contribution in [0.5, 0.6) is 0 Å². The second-order valence-corrected chi connectivity index (χ2v) is 5.80. The summed E-state index contributed by atoms with van der Waals surface area (Å²) in [4.78, 5) is 1.33. The van der Waals surface area contributed by atoms with Crippen molar-refractivity contribution in [3.8, 4) is 0 Å². The molecule has 1 nitrogen and oxygen atoms in total. The molecule has 0 aliphatic carbocycles. The highest BCUT2D eigenvalue weighted by Crippen LogP contribution is 2.26. The van der Waals surface area contributed by atoms with Gasteiger partial charge in [-0.1, -0.05) is 34.1 Å². The molecule has 0 bridgehead atoms. The van der Waals surface area contributed by atoms with Gasteiger partial charge in [0.2, 0.25) is 0 Å². The lowest BCUT2D eigenvalue weighted by atomic mass is 10.0. The van der Waals surface area contributed by atoms with Crippen LogP contribution in [-0.2, 0) is 6.42 Å². The summed E-state index contributed by atoms with van der Waals surface area (Å²) in [6.07, 6.45) is 0.902. The van der Waals surface area contributed by atoms with Crippen molar-refractivity contribution in [2.24, 2.45) is 5.73 Å². The predicted octanol–water partition coefficient (Wildman–Crippen LogP) is 4.06. The van der Waals surface area contributed by atoms with Crippen molar-refractivity contribution in [3.63, 3.8) is 0 Å². The van der Waals surface area contributed by atoms with Gasteiger partial charge in [0.25, 0.3) is 0 Å². The molecule has 2 aromatic rings. The number of benzene rings is 1. The molecule has 2 N–H and O–H groups in total. The van der Waals surface area contributed by atoms with Gasteiger partial charge in [-0.3, -0.25) is 0 Å². The van der Waals surface area contributed by atoms with Crippen molar-refractivity contribution < 1.29 is 0 Å². The number of aryl methyl sites for hydroxylation is 1. The molecule has 0 aliphatic rings. The highest BCUT2D eigenvalue weighted by atomic mass is 79.9.